The molecular weight excluding hydrogens is 398 g/mol. The maximum atomic E-state index is 5.92. The second-order valence-electron chi connectivity index (χ2n) is 8.29. The first-order valence-corrected chi connectivity index (χ1v) is 11.6. The highest BCUT2D eigenvalue weighted by Gasteiger charge is 2.09. The standard InChI is InChI=1S/C26H33N5O/c1-21-20-28-26(30-25(21)27-15-14-22-8-4-2-5-9-22)29-23-10-12-24(13-11-23)32-19-18-31-16-6-3-7-17-31/h2,4-5,8-13,20H,3,6-7,14-19H2,1H3,(H2,27,28,29,30). The molecular formula is C26H33N5O. The number of nitrogens with zero attached hydrogens (tertiary/aromatic N) is 3. The number of aryl methyl sites for hydroxylation is 1. The van der Waals surface area contributed by atoms with Gasteiger partial charge in [-0.25, -0.2) is 4.98 Å². The quantitative estimate of drug-likeness (QED) is 0.468. The zero-order valence-corrected chi connectivity index (χ0v) is 18.9. The summed E-state index contributed by atoms with van der Waals surface area (Å²) < 4.78 is 5.92. The molecule has 168 valence electrons. The number of rotatable bonds is 10. The van der Waals surface area contributed by atoms with Crippen molar-refractivity contribution < 1.29 is 4.74 Å². The predicted octanol–water partition coefficient (Wildman–Crippen LogP) is 5.05. The smallest absolute Gasteiger partial charge is 0.229 e. The molecule has 2 aromatic carbocycles. The molecule has 6 nitrogen and oxygen atoms in total. The van der Waals surface area contributed by atoms with Crippen LogP contribution in [0.3, 0.4) is 0 Å². The fraction of sp³-hybridized carbons (Fsp3) is 0.385. The lowest BCUT2D eigenvalue weighted by molar-refractivity contribution is 0.183. The van der Waals surface area contributed by atoms with Crippen molar-refractivity contribution in [2.24, 2.45) is 0 Å². The van der Waals surface area contributed by atoms with Crippen LogP contribution in [-0.2, 0) is 6.42 Å². The van der Waals surface area contributed by atoms with Gasteiger partial charge >= 0.3 is 0 Å². The van der Waals surface area contributed by atoms with E-state index in [0.29, 0.717) is 5.95 Å². The van der Waals surface area contributed by atoms with Crippen LogP contribution in [0.5, 0.6) is 5.75 Å². The molecule has 0 spiro atoms. The molecule has 1 aromatic heterocycles. The summed E-state index contributed by atoms with van der Waals surface area (Å²) >= 11 is 0. The summed E-state index contributed by atoms with van der Waals surface area (Å²) in [5.41, 5.74) is 3.27. The Balaban J connectivity index is 1.26. The molecule has 0 aliphatic carbocycles. The van der Waals surface area contributed by atoms with Crippen molar-refractivity contribution in [3.63, 3.8) is 0 Å². The molecule has 1 aliphatic heterocycles. The third-order valence-electron chi connectivity index (χ3n) is 5.76. The van der Waals surface area contributed by atoms with Gasteiger partial charge in [-0.3, -0.25) is 4.90 Å². The van der Waals surface area contributed by atoms with Crippen LogP contribution in [0.1, 0.15) is 30.4 Å². The molecule has 1 saturated heterocycles. The van der Waals surface area contributed by atoms with E-state index in [1.807, 2.05) is 43.5 Å². The summed E-state index contributed by atoms with van der Waals surface area (Å²) in [6.45, 7) is 6.97. The van der Waals surface area contributed by atoms with Crippen LogP contribution in [0, 0.1) is 6.92 Å². The largest absolute Gasteiger partial charge is 0.492 e. The first kappa shape index (κ1) is 22.1. The molecule has 0 bridgehead atoms. The maximum absolute atomic E-state index is 5.92. The van der Waals surface area contributed by atoms with E-state index in [-0.39, 0.29) is 0 Å². The van der Waals surface area contributed by atoms with Crippen molar-refractivity contribution in [3.05, 3.63) is 71.9 Å². The summed E-state index contributed by atoms with van der Waals surface area (Å²) in [4.78, 5) is 11.6. The van der Waals surface area contributed by atoms with Crippen molar-refractivity contribution in [2.45, 2.75) is 32.6 Å². The zero-order chi connectivity index (χ0) is 22.0. The van der Waals surface area contributed by atoms with Crippen LogP contribution >= 0.6 is 0 Å². The van der Waals surface area contributed by atoms with Crippen molar-refractivity contribution in [1.82, 2.24) is 14.9 Å². The van der Waals surface area contributed by atoms with Gasteiger partial charge in [0.1, 0.15) is 18.2 Å². The van der Waals surface area contributed by atoms with Gasteiger partial charge in [-0.15, -0.1) is 0 Å². The number of nitrogens with one attached hydrogen (secondary N) is 2. The number of anilines is 3. The first-order chi connectivity index (χ1) is 15.8. The Bertz CT molecular complexity index is 956. The highest BCUT2D eigenvalue weighted by Crippen LogP contribution is 2.20. The number of hydrogen-bond donors (Lipinski definition) is 2. The summed E-state index contributed by atoms with van der Waals surface area (Å²) in [5.74, 6) is 2.33. The van der Waals surface area contributed by atoms with Crippen LogP contribution in [0.2, 0.25) is 0 Å². The lowest BCUT2D eigenvalue weighted by atomic mass is 10.1. The summed E-state index contributed by atoms with van der Waals surface area (Å²) in [6, 6.07) is 18.4. The monoisotopic (exact) mass is 431 g/mol. The van der Waals surface area contributed by atoms with E-state index in [1.54, 1.807) is 0 Å². The van der Waals surface area contributed by atoms with Gasteiger partial charge in [-0.1, -0.05) is 36.8 Å². The molecule has 0 atom stereocenters. The van der Waals surface area contributed by atoms with Gasteiger partial charge in [0, 0.05) is 30.5 Å². The topological polar surface area (TPSA) is 62.3 Å². The van der Waals surface area contributed by atoms with Crippen LogP contribution in [0.25, 0.3) is 0 Å². The van der Waals surface area contributed by atoms with Gasteiger partial charge in [-0.2, -0.15) is 4.98 Å². The molecule has 0 amide bonds. The van der Waals surface area contributed by atoms with Crippen molar-refractivity contribution in [1.29, 1.82) is 0 Å². The minimum Gasteiger partial charge on any atom is -0.492 e. The van der Waals surface area contributed by atoms with Crippen molar-refractivity contribution in [3.8, 4) is 5.75 Å². The Morgan fingerprint density at radius 2 is 1.75 bits per heavy atom. The fourth-order valence-corrected chi connectivity index (χ4v) is 3.89. The molecule has 3 aromatic rings. The molecule has 1 fully saturated rings. The van der Waals surface area contributed by atoms with Crippen LogP contribution in [0.15, 0.2) is 60.8 Å². The Hall–Kier alpha value is -3.12. The second kappa shape index (κ2) is 11.5. The van der Waals surface area contributed by atoms with E-state index in [2.05, 4.69) is 49.8 Å². The van der Waals surface area contributed by atoms with Crippen molar-refractivity contribution in [2.75, 3.05) is 43.4 Å². The molecule has 4 rings (SSSR count). The summed E-state index contributed by atoms with van der Waals surface area (Å²) in [7, 11) is 0. The summed E-state index contributed by atoms with van der Waals surface area (Å²) in [6.07, 6.45) is 6.78. The molecule has 1 aliphatic rings. The molecule has 2 heterocycles. The van der Waals surface area contributed by atoms with E-state index in [0.717, 1.165) is 48.9 Å². The Morgan fingerprint density at radius 1 is 0.969 bits per heavy atom. The molecule has 0 unspecified atom stereocenters. The Labute approximate surface area is 191 Å². The average molecular weight is 432 g/mol. The van der Waals surface area contributed by atoms with Gasteiger partial charge < -0.3 is 15.4 Å². The van der Waals surface area contributed by atoms with Crippen LogP contribution in [0.4, 0.5) is 17.5 Å². The maximum Gasteiger partial charge on any atom is 0.229 e. The lowest BCUT2D eigenvalue weighted by Crippen LogP contribution is -2.33. The van der Waals surface area contributed by atoms with Crippen LogP contribution in [-0.4, -0.2) is 47.7 Å². The fourth-order valence-electron chi connectivity index (χ4n) is 3.89. The normalized spacial score (nSPS) is 14.2. The van der Waals surface area contributed by atoms with Gasteiger partial charge in [0.15, 0.2) is 0 Å². The first-order valence-electron chi connectivity index (χ1n) is 11.6. The zero-order valence-electron chi connectivity index (χ0n) is 18.9. The number of likely N-dealkylation sites (tertiary alicyclic amines) is 1. The lowest BCUT2D eigenvalue weighted by Gasteiger charge is -2.26. The number of aromatic nitrogens is 2. The number of hydrogen-bond acceptors (Lipinski definition) is 6. The average Bonchev–Trinajstić information content (AvgIpc) is 2.83. The van der Waals surface area contributed by atoms with E-state index in [1.165, 1.54) is 37.9 Å². The van der Waals surface area contributed by atoms with Crippen molar-refractivity contribution >= 4 is 17.5 Å². The van der Waals surface area contributed by atoms with E-state index >= 15 is 0 Å². The van der Waals surface area contributed by atoms with Gasteiger partial charge in [-0.05, 0) is 69.1 Å². The summed E-state index contributed by atoms with van der Waals surface area (Å²) in [5, 5.41) is 6.72. The molecule has 32 heavy (non-hydrogen) atoms. The van der Waals surface area contributed by atoms with Crippen LogP contribution < -0.4 is 15.4 Å². The minimum absolute atomic E-state index is 0.580. The van der Waals surface area contributed by atoms with Gasteiger partial charge in [0.2, 0.25) is 5.95 Å². The third kappa shape index (κ3) is 6.69. The molecule has 0 saturated carbocycles. The molecule has 2 N–H and O–H groups in total. The predicted molar refractivity (Wildman–Crippen MR) is 131 cm³/mol. The Morgan fingerprint density at radius 3 is 2.53 bits per heavy atom. The molecule has 0 radical (unpaired) electrons. The van der Waals surface area contributed by atoms with E-state index < -0.39 is 0 Å². The van der Waals surface area contributed by atoms with Gasteiger partial charge in [0.05, 0.1) is 0 Å². The third-order valence-corrected chi connectivity index (χ3v) is 5.76. The Kier molecular flexibility index (Phi) is 7.93. The minimum atomic E-state index is 0.580. The number of benzene rings is 2. The molecule has 6 heteroatoms. The highest BCUT2D eigenvalue weighted by atomic mass is 16.5. The number of piperidine rings is 1. The number of ether oxygens (including phenoxy) is 1. The van der Waals surface area contributed by atoms with E-state index in [9.17, 15) is 0 Å². The van der Waals surface area contributed by atoms with E-state index in [4.69, 9.17) is 4.74 Å². The highest BCUT2D eigenvalue weighted by molar-refractivity contribution is 5.57. The SMILES string of the molecule is Cc1cnc(Nc2ccc(OCCN3CCCCC3)cc2)nc1NCCc1ccccc1. The van der Waals surface area contributed by atoms with Gasteiger partial charge in [0.25, 0.3) is 0 Å². The second-order valence-corrected chi connectivity index (χ2v) is 8.29.